The van der Waals surface area contributed by atoms with Crippen LogP contribution in [0.25, 0.3) is 0 Å². The average Bonchev–Trinajstić information content (AvgIpc) is 2.28. The van der Waals surface area contributed by atoms with Crippen LogP contribution in [0.4, 0.5) is 0 Å². The van der Waals surface area contributed by atoms with Crippen molar-refractivity contribution in [1.29, 1.82) is 0 Å². The maximum atomic E-state index is 11.4. The highest BCUT2D eigenvalue weighted by Gasteiger charge is 2.64. The first-order valence-electron chi connectivity index (χ1n) is 4.54. The van der Waals surface area contributed by atoms with Gasteiger partial charge in [-0.2, -0.15) is 0 Å². The lowest BCUT2D eigenvalue weighted by atomic mass is 10.5. The molecule has 0 spiro atoms. The van der Waals surface area contributed by atoms with E-state index in [-0.39, 0.29) is 0 Å². The van der Waals surface area contributed by atoms with Crippen LogP contribution >= 0.6 is 15.1 Å². The lowest BCUT2D eigenvalue weighted by Crippen LogP contribution is -2.46. The molecule has 1 rings (SSSR count). The second-order valence-electron chi connectivity index (χ2n) is 3.49. The number of rotatable bonds is 5. The van der Waals surface area contributed by atoms with E-state index in [2.05, 4.69) is 0 Å². The number of aromatic nitrogens is 1. The van der Waals surface area contributed by atoms with E-state index >= 15 is 0 Å². The topological polar surface area (TPSA) is 148 Å². The first-order valence-corrected chi connectivity index (χ1v) is 7.76. The minimum Gasteiger partial charge on any atom is -0.363 e. The molecular weight excluding hydrogens is 286 g/mol. The molecule has 0 fully saturated rings. The van der Waals surface area contributed by atoms with Crippen molar-refractivity contribution in [2.75, 3.05) is 0 Å². The van der Waals surface area contributed by atoms with Gasteiger partial charge in [-0.05, 0) is 0 Å². The van der Waals surface area contributed by atoms with Crippen LogP contribution in [0.15, 0.2) is 35.5 Å². The van der Waals surface area contributed by atoms with Gasteiger partial charge in [0.25, 0.3) is 0 Å². The van der Waals surface area contributed by atoms with Crippen molar-refractivity contribution in [3.05, 3.63) is 35.5 Å². The molecule has 1 heterocycles. The fraction of sp³-hybridized carbons (Fsp3) is 0.286. The van der Waals surface area contributed by atoms with Gasteiger partial charge in [0.05, 0.1) is 0 Å². The molecule has 0 saturated carbocycles. The molecule has 0 aliphatic carbocycles. The first-order chi connectivity index (χ1) is 8.14. The fourth-order valence-corrected chi connectivity index (χ4v) is 3.50. The Labute approximate surface area is 101 Å². The van der Waals surface area contributed by atoms with E-state index in [9.17, 15) is 19.1 Å². The van der Waals surface area contributed by atoms with E-state index < -0.39 is 26.7 Å². The number of nitroso groups, excluding NO2 is 1. The van der Waals surface area contributed by atoms with Crippen LogP contribution in [0.3, 0.4) is 0 Å². The van der Waals surface area contributed by atoms with Crippen LogP contribution in [-0.4, -0.2) is 24.9 Å². The van der Waals surface area contributed by atoms with Crippen LogP contribution in [-0.2, 0) is 15.7 Å². The second-order valence-corrected chi connectivity index (χ2v) is 7.66. The molecule has 0 bridgehead atoms. The predicted octanol–water partition coefficient (Wildman–Crippen LogP) is -0.250. The molecule has 1 aromatic heterocycles. The van der Waals surface area contributed by atoms with Gasteiger partial charge < -0.3 is 19.8 Å². The Morgan fingerprint density at radius 1 is 1.11 bits per heavy atom. The highest BCUT2D eigenvalue weighted by atomic mass is 31.2. The molecule has 2 atom stereocenters. The minimum absolute atomic E-state index is 0.947. The van der Waals surface area contributed by atoms with Crippen LogP contribution in [0, 0.1) is 4.91 Å². The lowest BCUT2D eigenvalue weighted by Gasteiger charge is -2.25. The van der Waals surface area contributed by atoms with Crippen molar-refractivity contribution in [3.63, 3.8) is 0 Å². The van der Waals surface area contributed by atoms with Crippen LogP contribution in [0.2, 0.25) is 0 Å². The van der Waals surface area contributed by atoms with E-state index in [1.165, 1.54) is 24.5 Å². The highest BCUT2D eigenvalue weighted by molar-refractivity contribution is 7.74. The summed E-state index contributed by atoms with van der Waals surface area (Å²) < 4.78 is 23.6. The molecule has 0 radical (unpaired) electrons. The van der Waals surface area contributed by atoms with Gasteiger partial charge in [-0.3, -0.25) is 9.13 Å². The summed E-state index contributed by atoms with van der Waals surface area (Å²) in [6.07, 6.45) is 2.59. The molecule has 100 valence electrons. The smallest absolute Gasteiger partial charge is 0.363 e. The van der Waals surface area contributed by atoms with Crippen molar-refractivity contribution in [2.24, 2.45) is 4.95 Å². The summed E-state index contributed by atoms with van der Waals surface area (Å²) in [5, 5.41) is 6.29. The van der Waals surface area contributed by atoms with Gasteiger partial charge in [0.15, 0.2) is 12.4 Å². The van der Waals surface area contributed by atoms with Gasteiger partial charge >= 0.3 is 20.2 Å². The van der Waals surface area contributed by atoms with Crippen LogP contribution in [0.5, 0.6) is 0 Å². The Kier molecular flexibility index (Phi) is 4.17. The van der Waals surface area contributed by atoms with Crippen LogP contribution in [0.1, 0.15) is 0 Å². The maximum Gasteiger partial charge on any atom is 0.399 e. The third-order valence-electron chi connectivity index (χ3n) is 2.22. The predicted molar refractivity (Wildman–Crippen MR) is 59.3 cm³/mol. The van der Waals surface area contributed by atoms with Crippen LogP contribution < -0.4 is 4.57 Å². The summed E-state index contributed by atoms with van der Waals surface area (Å²) in [5.41, 5.74) is 0. The largest absolute Gasteiger partial charge is 0.399 e. The molecule has 0 saturated heterocycles. The van der Waals surface area contributed by atoms with Gasteiger partial charge in [-0.15, -0.1) is 4.91 Å². The zero-order valence-electron chi connectivity index (χ0n) is 8.90. The summed E-state index contributed by atoms with van der Waals surface area (Å²) in [6, 6.07) is 4.52. The molecule has 1 aromatic rings. The van der Waals surface area contributed by atoms with Gasteiger partial charge in [0, 0.05) is 17.1 Å². The Bertz CT molecular complexity index is 530. The normalized spacial score (nSPS) is 18.7. The van der Waals surface area contributed by atoms with Crippen molar-refractivity contribution in [3.8, 4) is 0 Å². The van der Waals surface area contributed by atoms with Gasteiger partial charge in [-0.1, -0.05) is 6.07 Å². The molecule has 0 aromatic carbocycles. The number of aliphatic hydroxyl groups is 1. The standard InChI is InChI=1S/C7H10N2O7P2/c10-7(18(14,15)16,17(12,13)8-11)6-9-4-2-1-3-5-9/h1-5,10H,6H2,(H2-,12,13,14,15,16)/p+1. The summed E-state index contributed by atoms with van der Waals surface area (Å²) in [4.78, 5) is 39.1. The van der Waals surface area contributed by atoms with E-state index in [0.29, 0.717) is 0 Å². The van der Waals surface area contributed by atoms with Crippen molar-refractivity contribution in [2.45, 2.75) is 11.6 Å². The SMILES string of the molecule is O=NP(=O)(O)C(O)(C[n+]1ccccc1)P(=O)(O)O. The molecule has 18 heavy (non-hydrogen) atoms. The molecule has 4 N–H and O–H groups in total. The summed E-state index contributed by atoms with van der Waals surface area (Å²) in [7, 11) is -10.8. The lowest BCUT2D eigenvalue weighted by molar-refractivity contribution is -0.703. The van der Waals surface area contributed by atoms with E-state index in [4.69, 9.17) is 14.7 Å². The third kappa shape index (κ3) is 2.72. The third-order valence-corrected chi connectivity index (χ3v) is 6.15. The zero-order valence-corrected chi connectivity index (χ0v) is 10.7. The number of hydrogen-bond acceptors (Lipinski definition) is 4. The Morgan fingerprint density at radius 2 is 1.61 bits per heavy atom. The van der Waals surface area contributed by atoms with Crippen molar-refractivity contribution in [1.82, 2.24) is 0 Å². The van der Waals surface area contributed by atoms with E-state index in [1.807, 2.05) is 0 Å². The molecule has 0 aliphatic heterocycles. The number of hydrogen-bond donors (Lipinski definition) is 4. The molecule has 2 unspecified atom stereocenters. The Morgan fingerprint density at radius 3 is 2.00 bits per heavy atom. The first kappa shape index (κ1) is 15.1. The van der Waals surface area contributed by atoms with Gasteiger partial charge in [0.1, 0.15) is 0 Å². The highest BCUT2D eigenvalue weighted by Crippen LogP contribution is 2.70. The van der Waals surface area contributed by atoms with Gasteiger partial charge in [-0.25, -0.2) is 4.57 Å². The Hall–Kier alpha value is -0.950. The average molecular weight is 297 g/mol. The van der Waals surface area contributed by atoms with E-state index in [0.717, 1.165) is 4.57 Å². The van der Waals surface area contributed by atoms with Crippen molar-refractivity contribution < 1.29 is 33.5 Å². The van der Waals surface area contributed by atoms with E-state index in [1.54, 1.807) is 11.0 Å². The number of nitrogens with zero attached hydrogens (tertiary/aromatic N) is 2. The molecule has 0 amide bonds. The summed E-state index contributed by atoms with van der Waals surface area (Å²) in [6.45, 7) is -0.947. The maximum absolute atomic E-state index is 11.4. The second kappa shape index (κ2) is 4.97. The Balaban J connectivity index is 3.29. The molecular formula is C7H11N2O7P2+. The van der Waals surface area contributed by atoms with Gasteiger partial charge in [0.2, 0.25) is 6.54 Å². The van der Waals surface area contributed by atoms with Crippen molar-refractivity contribution >= 4 is 15.1 Å². The quantitative estimate of drug-likeness (QED) is 0.332. The summed E-state index contributed by atoms with van der Waals surface area (Å²) >= 11 is 0. The number of pyridine rings is 1. The molecule has 9 nitrogen and oxygen atoms in total. The monoisotopic (exact) mass is 297 g/mol. The fourth-order valence-electron chi connectivity index (χ4n) is 1.20. The molecule has 11 heteroatoms. The minimum atomic E-state index is -5.46. The zero-order chi connectivity index (χ0) is 14.0. The summed E-state index contributed by atoms with van der Waals surface area (Å²) in [5.74, 6) is 0. The molecule has 0 aliphatic rings.